The van der Waals surface area contributed by atoms with E-state index in [0.717, 1.165) is 10.3 Å². The number of hydrogen-bond donors (Lipinski definition) is 1. The predicted octanol–water partition coefficient (Wildman–Crippen LogP) is 1.36. The molecule has 2 atom stereocenters. The fourth-order valence-corrected chi connectivity index (χ4v) is 3.73. The zero-order valence-electron chi connectivity index (χ0n) is 15.4. The number of carbonyl (C=O) groups excluding carboxylic acids is 1. The summed E-state index contributed by atoms with van der Waals surface area (Å²) in [4.78, 5) is 37.8. The number of nitrogens with one attached hydrogen (secondary N) is 1. The molecule has 0 spiro atoms. The molecular weight excluding hydrogens is 334 g/mol. The molecule has 0 unspecified atom stereocenters. The Kier molecular flexibility index (Phi) is 4.48. The summed E-state index contributed by atoms with van der Waals surface area (Å²) in [5, 5.41) is 3.33. The normalized spacial score (nSPS) is 21.8. The van der Waals surface area contributed by atoms with Crippen LogP contribution < -0.4 is 16.6 Å². The van der Waals surface area contributed by atoms with Crippen molar-refractivity contribution in [1.29, 1.82) is 0 Å². The van der Waals surface area contributed by atoms with Crippen LogP contribution >= 0.6 is 0 Å². The first-order valence-corrected chi connectivity index (χ1v) is 8.50. The van der Waals surface area contributed by atoms with Gasteiger partial charge in [0.2, 0.25) is 0 Å². The van der Waals surface area contributed by atoms with E-state index < -0.39 is 11.5 Å². The average molecular weight is 357 g/mol. The molecular formula is C19H23N3O4. The summed E-state index contributed by atoms with van der Waals surface area (Å²) in [7, 11) is 4.46. The van der Waals surface area contributed by atoms with Crippen LogP contribution in [0.3, 0.4) is 0 Å². The summed E-state index contributed by atoms with van der Waals surface area (Å²) >= 11 is 0. The van der Waals surface area contributed by atoms with Gasteiger partial charge in [0.1, 0.15) is 0 Å². The number of benzene rings is 1. The molecule has 0 saturated carbocycles. The Labute approximate surface area is 151 Å². The summed E-state index contributed by atoms with van der Waals surface area (Å²) in [5.41, 5.74) is 0.211. The first-order chi connectivity index (χ1) is 12.3. The number of rotatable bonds is 3. The molecule has 7 nitrogen and oxygen atoms in total. The Bertz CT molecular complexity index is 961. The smallest absolute Gasteiger partial charge is 0.330 e. The average Bonchev–Trinajstić information content (AvgIpc) is 2.66. The van der Waals surface area contributed by atoms with E-state index in [9.17, 15) is 14.4 Å². The summed E-state index contributed by atoms with van der Waals surface area (Å²) in [6.07, 6.45) is 0.924. The highest BCUT2D eigenvalue weighted by atomic mass is 16.5. The van der Waals surface area contributed by atoms with Crippen molar-refractivity contribution in [2.45, 2.75) is 25.8 Å². The molecule has 1 aliphatic carbocycles. The van der Waals surface area contributed by atoms with Gasteiger partial charge in [0.15, 0.2) is 0 Å². The van der Waals surface area contributed by atoms with E-state index in [-0.39, 0.29) is 17.2 Å². The first-order valence-electron chi connectivity index (χ1n) is 8.50. The Morgan fingerprint density at radius 1 is 1.19 bits per heavy atom. The number of methoxy groups -OCH3 is 1. The molecule has 1 aromatic heterocycles. The Balaban J connectivity index is 2.26. The Hall–Kier alpha value is -2.83. The van der Waals surface area contributed by atoms with Crippen molar-refractivity contribution in [3.63, 3.8) is 0 Å². The van der Waals surface area contributed by atoms with Gasteiger partial charge in [0.05, 0.1) is 24.1 Å². The van der Waals surface area contributed by atoms with E-state index in [0.29, 0.717) is 24.1 Å². The molecule has 26 heavy (non-hydrogen) atoms. The van der Waals surface area contributed by atoms with Gasteiger partial charge in [-0.2, -0.15) is 0 Å². The molecule has 1 aliphatic rings. The van der Waals surface area contributed by atoms with E-state index in [4.69, 9.17) is 4.74 Å². The number of esters is 1. The molecule has 0 amide bonds. The van der Waals surface area contributed by atoms with Crippen LogP contribution in [0.25, 0.3) is 0 Å². The van der Waals surface area contributed by atoms with Gasteiger partial charge >= 0.3 is 11.7 Å². The van der Waals surface area contributed by atoms with Crippen LogP contribution in [-0.2, 0) is 30.0 Å². The van der Waals surface area contributed by atoms with Crippen molar-refractivity contribution < 1.29 is 9.53 Å². The molecule has 0 radical (unpaired) electrons. The number of ether oxygens (including phenoxy) is 1. The van der Waals surface area contributed by atoms with Crippen molar-refractivity contribution in [2.75, 3.05) is 12.4 Å². The summed E-state index contributed by atoms with van der Waals surface area (Å²) < 4.78 is 7.62. The largest absolute Gasteiger partial charge is 0.469 e. The third-order valence-electron chi connectivity index (χ3n) is 5.37. The number of fused-ring (bicyclic) bond motifs is 1. The number of anilines is 1. The van der Waals surface area contributed by atoms with Crippen LogP contribution in [0.4, 0.5) is 5.69 Å². The van der Waals surface area contributed by atoms with Gasteiger partial charge in [-0.1, -0.05) is 18.2 Å². The molecule has 7 heteroatoms. The lowest BCUT2D eigenvalue weighted by Crippen LogP contribution is -2.50. The van der Waals surface area contributed by atoms with Gasteiger partial charge < -0.3 is 14.6 Å². The van der Waals surface area contributed by atoms with E-state index in [1.807, 2.05) is 30.3 Å². The van der Waals surface area contributed by atoms with Crippen molar-refractivity contribution in [1.82, 2.24) is 9.13 Å². The van der Waals surface area contributed by atoms with E-state index in [1.54, 1.807) is 14.0 Å². The Morgan fingerprint density at radius 3 is 2.46 bits per heavy atom. The molecule has 0 saturated heterocycles. The van der Waals surface area contributed by atoms with Gasteiger partial charge in [-0.05, 0) is 31.9 Å². The standard InChI is InChI=1S/C19H23N3O4/c1-19(17(24)26-4)11-10-13-14(16(23)22(3)18(25)21(13)2)15(19)20-12-8-6-5-7-9-12/h5-9,15,20H,10-11H2,1-4H3/t15-,19+/m0/s1. The third-order valence-corrected chi connectivity index (χ3v) is 5.37. The molecule has 3 rings (SSSR count). The molecule has 138 valence electrons. The maximum absolute atomic E-state index is 12.9. The van der Waals surface area contributed by atoms with Crippen LogP contribution in [0.15, 0.2) is 39.9 Å². The second-order valence-electron chi connectivity index (χ2n) is 6.92. The molecule has 1 heterocycles. The highest BCUT2D eigenvalue weighted by Crippen LogP contribution is 2.44. The molecule has 0 aliphatic heterocycles. The van der Waals surface area contributed by atoms with Gasteiger partial charge in [0.25, 0.3) is 5.56 Å². The fourth-order valence-electron chi connectivity index (χ4n) is 3.73. The quantitative estimate of drug-likeness (QED) is 0.839. The zero-order chi connectivity index (χ0) is 19.1. The summed E-state index contributed by atoms with van der Waals surface area (Å²) in [5.74, 6) is -0.382. The lowest BCUT2D eigenvalue weighted by atomic mass is 9.70. The molecule has 0 fully saturated rings. The number of aromatic nitrogens is 2. The summed E-state index contributed by atoms with van der Waals surface area (Å²) in [6, 6.07) is 8.78. The molecule has 0 bridgehead atoms. The Morgan fingerprint density at radius 2 is 1.85 bits per heavy atom. The van der Waals surface area contributed by atoms with E-state index in [2.05, 4.69) is 5.32 Å². The second kappa shape index (κ2) is 6.48. The van der Waals surface area contributed by atoms with Crippen molar-refractivity contribution in [2.24, 2.45) is 19.5 Å². The lowest BCUT2D eigenvalue weighted by Gasteiger charge is -2.41. The number of para-hydroxylation sites is 1. The van der Waals surface area contributed by atoms with Crippen LogP contribution in [0, 0.1) is 5.41 Å². The topological polar surface area (TPSA) is 82.3 Å². The van der Waals surface area contributed by atoms with Crippen LogP contribution in [0.2, 0.25) is 0 Å². The predicted molar refractivity (Wildman–Crippen MR) is 98.2 cm³/mol. The minimum Gasteiger partial charge on any atom is -0.469 e. The van der Waals surface area contributed by atoms with Crippen LogP contribution in [0.5, 0.6) is 0 Å². The zero-order valence-corrected chi connectivity index (χ0v) is 15.4. The second-order valence-corrected chi connectivity index (χ2v) is 6.92. The number of nitrogens with zero attached hydrogens (tertiary/aromatic N) is 2. The molecule has 2 aromatic rings. The lowest BCUT2D eigenvalue weighted by molar-refractivity contribution is -0.153. The monoisotopic (exact) mass is 357 g/mol. The van der Waals surface area contributed by atoms with Gasteiger partial charge in [-0.3, -0.25) is 14.2 Å². The maximum Gasteiger partial charge on any atom is 0.330 e. The molecule has 1 aromatic carbocycles. The van der Waals surface area contributed by atoms with Crippen molar-refractivity contribution in [3.8, 4) is 0 Å². The minimum absolute atomic E-state index is 0.367. The number of hydrogen-bond acceptors (Lipinski definition) is 5. The first kappa shape index (κ1) is 18.0. The van der Waals surface area contributed by atoms with Crippen molar-refractivity contribution in [3.05, 3.63) is 62.4 Å². The highest BCUT2D eigenvalue weighted by molar-refractivity contribution is 5.79. The highest BCUT2D eigenvalue weighted by Gasteiger charge is 2.48. The molecule has 1 N–H and O–H groups in total. The third kappa shape index (κ3) is 2.64. The van der Waals surface area contributed by atoms with Crippen molar-refractivity contribution >= 4 is 11.7 Å². The fraction of sp³-hybridized carbons (Fsp3) is 0.421. The summed E-state index contributed by atoms with van der Waals surface area (Å²) in [6.45, 7) is 1.80. The maximum atomic E-state index is 12.9. The number of carbonyl (C=O) groups is 1. The minimum atomic E-state index is -0.929. The van der Waals surface area contributed by atoms with Crippen LogP contribution in [-0.4, -0.2) is 22.2 Å². The van der Waals surface area contributed by atoms with E-state index >= 15 is 0 Å². The van der Waals surface area contributed by atoms with Crippen LogP contribution in [0.1, 0.15) is 30.6 Å². The van der Waals surface area contributed by atoms with E-state index in [1.165, 1.54) is 18.7 Å². The van der Waals surface area contributed by atoms with Gasteiger partial charge in [-0.25, -0.2) is 4.79 Å². The SMILES string of the molecule is COC(=O)[C@]1(C)CCc2c(c(=O)n(C)c(=O)n2C)[C@@H]1Nc1ccccc1. The van der Waals surface area contributed by atoms with Gasteiger partial charge in [0, 0.05) is 25.5 Å². The van der Waals surface area contributed by atoms with Gasteiger partial charge in [-0.15, -0.1) is 0 Å².